The number of para-hydroxylation sites is 1. The highest BCUT2D eigenvalue weighted by Gasteiger charge is 2.13. The number of carbonyl (C=O) groups excluding carboxylic acids is 1. The Kier molecular flexibility index (Phi) is 7.83. The van der Waals surface area contributed by atoms with Crippen LogP contribution in [0.4, 0.5) is 5.69 Å². The summed E-state index contributed by atoms with van der Waals surface area (Å²) in [5.74, 6) is 0.972. The first-order valence-corrected chi connectivity index (χ1v) is 7.75. The molecule has 0 aliphatic heterocycles. The van der Waals surface area contributed by atoms with Crippen LogP contribution in [0.2, 0.25) is 0 Å². The molecule has 1 amide bonds. The number of likely N-dealkylation sites (N-methyl/N-ethyl adjacent to an activating group) is 1. The second kappa shape index (κ2) is 9.40. The van der Waals surface area contributed by atoms with Gasteiger partial charge in [-0.1, -0.05) is 32.0 Å². The lowest BCUT2D eigenvalue weighted by molar-refractivity contribution is -0.122. The third-order valence-corrected chi connectivity index (χ3v) is 3.58. The van der Waals surface area contributed by atoms with E-state index in [0.717, 1.165) is 18.7 Å². The summed E-state index contributed by atoms with van der Waals surface area (Å²) in [5, 5.41) is 2.99. The molecule has 0 aliphatic carbocycles. The number of hydrogen-bond acceptors (Lipinski definition) is 3. The lowest BCUT2D eigenvalue weighted by Gasteiger charge is -2.20. The van der Waals surface area contributed by atoms with Gasteiger partial charge in [-0.05, 0) is 36.9 Å². The molecule has 3 N–H and O–H groups in total. The van der Waals surface area contributed by atoms with Crippen LogP contribution in [-0.2, 0) is 4.79 Å². The van der Waals surface area contributed by atoms with Crippen LogP contribution in [0.5, 0.6) is 0 Å². The maximum absolute atomic E-state index is 11.9. The van der Waals surface area contributed by atoms with Gasteiger partial charge in [-0.15, -0.1) is 0 Å². The third kappa shape index (κ3) is 7.14. The maximum Gasteiger partial charge on any atom is 0.220 e. The van der Waals surface area contributed by atoms with Crippen molar-refractivity contribution < 1.29 is 4.79 Å². The molecule has 0 saturated heterocycles. The number of nitrogens with one attached hydrogen (secondary N) is 1. The summed E-state index contributed by atoms with van der Waals surface area (Å²) in [6, 6.07) is 10.2. The van der Waals surface area contributed by atoms with Gasteiger partial charge < -0.3 is 16.0 Å². The highest BCUT2D eigenvalue weighted by atomic mass is 16.1. The third-order valence-electron chi connectivity index (χ3n) is 3.58. The molecule has 0 saturated carbocycles. The fourth-order valence-corrected chi connectivity index (χ4v) is 2.44. The Labute approximate surface area is 128 Å². The van der Waals surface area contributed by atoms with Crippen molar-refractivity contribution >= 4 is 11.6 Å². The first kappa shape index (κ1) is 17.5. The lowest BCUT2D eigenvalue weighted by atomic mass is 9.94. The Morgan fingerprint density at radius 2 is 1.95 bits per heavy atom. The standard InChI is InChI=1S/C17H29N3O/c1-14(2)11-15(13-18)12-17(21)19-9-10-20(3)16-7-5-4-6-8-16/h4-8,14-15H,9-13,18H2,1-3H3,(H,19,21)/t15-/m0/s1. The minimum absolute atomic E-state index is 0.104. The van der Waals surface area contributed by atoms with Crippen molar-refractivity contribution in [3.8, 4) is 0 Å². The molecule has 0 spiro atoms. The first-order valence-electron chi connectivity index (χ1n) is 7.75. The largest absolute Gasteiger partial charge is 0.373 e. The number of anilines is 1. The van der Waals surface area contributed by atoms with E-state index in [1.54, 1.807) is 0 Å². The number of amides is 1. The minimum atomic E-state index is 0.104. The molecule has 1 rings (SSSR count). The molecular formula is C17H29N3O. The van der Waals surface area contributed by atoms with Gasteiger partial charge in [-0.3, -0.25) is 4.79 Å². The molecule has 4 heteroatoms. The number of hydrogen-bond donors (Lipinski definition) is 2. The number of rotatable bonds is 9. The number of carbonyl (C=O) groups is 1. The average molecular weight is 291 g/mol. The summed E-state index contributed by atoms with van der Waals surface area (Å²) in [5.41, 5.74) is 6.89. The van der Waals surface area contributed by atoms with Gasteiger partial charge in [0.05, 0.1) is 0 Å². The lowest BCUT2D eigenvalue weighted by Crippen LogP contribution is -2.34. The predicted octanol–water partition coefficient (Wildman–Crippen LogP) is 2.25. The highest BCUT2D eigenvalue weighted by Crippen LogP contribution is 2.14. The van der Waals surface area contributed by atoms with E-state index in [0.29, 0.717) is 25.4 Å². The van der Waals surface area contributed by atoms with E-state index in [4.69, 9.17) is 5.73 Å². The quantitative estimate of drug-likeness (QED) is 0.733. The molecule has 1 atom stereocenters. The normalized spacial score (nSPS) is 12.2. The van der Waals surface area contributed by atoms with Gasteiger partial charge >= 0.3 is 0 Å². The Bertz CT molecular complexity index is 406. The van der Waals surface area contributed by atoms with E-state index in [1.165, 1.54) is 0 Å². The van der Waals surface area contributed by atoms with Gasteiger partial charge in [0.1, 0.15) is 0 Å². The van der Waals surface area contributed by atoms with Crippen LogP contribution in [-0.4, -0.2) is 32.6 Å². The summed E-state index contributed by atoms with van der Waals surface area (Å²) >= 11 is 0. The van der Waals surface area contributed by atoms with Crippen molar-refractivity contribution in [3.05, 3.63) is 30.3 Å². The van der Waals surface area contributed by atoms with Gasteiger partial charge in [0.15, 0.2) is 0 Å². The molecule has 1 aromatic carbocycles. The Balaban J connectivity index is 2.27. The van der Waals surface area contributed by atoms with Crippen LogP contribution >= 0.6 is 0 Å². The van der Waals surface area contributed by atoms with Crippen LogP contribution in [0.1, 0.15) is 26.7 Å². The predicted molar refractivity (Wildman–Crippen MR) is 89.3 cm³/mol. The second-order valence-corrected chi connectivity index (χ2v) is 6.04. The Morgan fingerprint density at radius 1 is 1.29 bits per heavy atom. The molecule has 0 radical (unpaired) electrons. The van der Waals surface area contributed by atoms with E-state index >= 15 is 0 Å². The molecule has 0 heterocycles. The summed E-state index contributed by atoms with van der Waals surface area (Å²) in [4.78, 5) is 14.1. The van der Waals surface area contributed by atoms with Crippen molar-refractivity contribution in [2.45, 2.75) is 26.7 Å². The Hall–Kier alpha value is -1.55. The molecule has 118 valence electrons. The summed E-state index contributed by atoms with van der Waals surface area (Å²) in [6.07, 6.45) is 1.54. The van der Waals surface area contributed by atoms with Gasteiger partial charge in [-0.2, -0.15) is 0 Å². The van der Waals surface area contributed by atoms with Crippen LogP contribution in [0.25, 0.3) is 0 Å². The number of nitrogens with two attached hydrogens (primary N) is 1. The smallest absolute Gasteiger partial charge is 0.220 e. The Morgan fingerprint density at radius 3 is 2.52 bits per heavy atom. The van der Waals surface area contributed by atoms with Crippen LogP contribution in [0, 0.1) is 11.8 Å². The molecule has 0 aliphatic rings. The summed E-state index contributed by atoms with van der Waals surface area (Å²) in [7, 11) is 2.03. The summed E-state index contributed by atoms with van der Waals surface area (Å²) in [6.45, 7) is 6.36. The number of benzene rings is 1. The topological polar surface area (TPSA) is 58.4 Å². The van der Waals surface area contributed by atoms with E-state index in [2.05, 4.69) is 36.2 Å². The average Bonchev–Trinajstić information content (AvgIpc) is 2.46. The highest BCUT2D eigenvalue weighted by molar-refractivity contribution is 5.76. The van der Waals surface area contributed by atoms with Gasteiger partial charge in [0.25, 0.3) is 0 Å². The molecule has 0 bridgehead atoms. The maximum atomic E-state index is 11.9. The van der Waals surface area contributed by atoms with Crippen LogP contribution in [0.15, 0.2) is 30.3 Å². The van der Waals surface area contributed by atoms with E-state index in [9.17, 15) is 4.79 Å². The molecule has 21 heavy (non-hydrogen) atoms. The molecule has 4 nitrogen and oxygen atoms in total. The summed E-state index contributed by atoms with van der Waals surface area (Å²) < 4.78 is 0. The van der Waals surface area contributed by atoms with Crippen molar-refractivity contribution in [1.82, 2.24) is 5.32 Å². The van der Waals surface area contributed by atoms with Gasteiger partial charge in [-0.25, -0.2) is 0 Å². The van der Waals surface area contributed by atoms with Gasteiger partial charge in [0, 0.05) is 32.2 Å². The van der Waals surface area contributed by atoms with Crippen molar-refractivity contribution in [3.63, 3.8) is 0 Å². The molecule has 1 aromatic rings. The number of nitrogens with zero attached hydrogens (tertiary/aromatic N) is 1. The fraction of sp³-hybridized carbons (Fsp3) is 0.588. The minimum Gasteiger partial charge on any atom is -0.373 e. The zero-order valence-corrected chi connectivity index (χ0v) is 13.5. The van der Waals surface area contributed by atoms with E-state index in [1.807, 2.05) is 25.2 Å². The fourth-order valence-electron chi connectivity index (χ4n) is 2.44. The van der Waals surface area contributed by atoms with Crippen molar-refractivity contribution in [2.75, 3.05) is 31.6 Å². The molecule has 0 fully saturated rings. The van der Waals surface area contributed by atoms with Crippen LogP contribution < -0.4 is 16.0 Å². The first-order chi connectivity index (χ1) is 10.0. The molecule has 0 aromatic heterocycles. The van der Waals surface area contributed by atoms with E-state index in [-0.39, 0.29) is 11.8 Å². The zero-order valence-electron chi connectivity index (χ0n) is 13.5. The molecule has 0 unspecified atom stereocenters. The van der Waals surface area contributed by atoms with Crippen LogP contribution in [0.3, 0.4) is 0 Å². The van der Waals surface area contributed by atoms with Crippen molar-refractivity contribution in [1.29, 1.82) is 0 Å². The monoisotopic (exact) mass is 291 g/mol. The van der Waals surface area contributed by atoms with Gasteiger partial charge in [0.2, 0.25) is 5.91 Å². The second-order valence-electron chi connectivity index (χ2n) is 6.04. The SMILES string of the molecule is CC(C)C[C@H](CN)CC(=O)NCCN(C)c1ccccc1. The molecular weight excluding hydrogens is 262 g/mol. The van der Waals surface area contributed by atoms with Crippen molar-refractivity contribution in [2.24, 2.45) is 17.6 Å². The van der Waals surface area contributed by atoms with E-state index < -0.39 is 0 Å². The zero-order chi connectivity index (χ0) is 15.7.